The Balaban J connectivity index is 1.76. The summed E-state index contributed by atoms with van der Waals surface area (Å²) in [4.78, 5) is 0. The van der Waals surface area contributed by atoms with Crippen LogP contribution in [0.4, 0.5) is 0 Å². The van der Waals surface area contributed by atoms with E-state index in [1.807, 2.05) is 6.07 Å². The van der Waals surface area contributed by atoms with Gasteiger partial charge in [-0.2, -0.15) is 0 Å². The summed E-state index contributed by atoms with van der Waals surface area (Å²) in [6.07, 6.45) is 5.46. The number of rotatable bonds is 3. The van der Waals surface area contributed by atoms with Crippen molar-refractivity contribution >= 4 is 0 Å². The number of hydrogen-bond donors (Lipinski definition) is 1. The monoisotopic (exact) mass is 268 g/mol. The first-order chi connectivity index (χ1) is 9.90. The van der Waals surface area contributed by atoms with Crippen LogP contribution >= 0.6 is 0 Å². The normalized spacial score (nSPS) is 28.1. The second kappa shape index (κ2) is 4.70. The lowest BCUT2D eigenvalue weighted by Gasteiger charge is -2.09. The van der Waals surface area contributed by atoms with Gasteiger partial charge in [-0.1, -0.05) is 31.0 Å². The van der Waals surface area contributed by atoms with Crippen molar-refractivity contribution in [2.75, 3.05) is 0 Å². The van der Waals surface area contributed by atoms with E-state index in [1.54, 1.807) is 0 Å². The molecule has 4 nitrogen and oxygen atoms in total. The van der Waals surface area contributed by atoms with Crippen LogP contribution in [0.5, 0.6) is 0 Å². The van der Waals surface area contributed by atoms with Crippen LogP contribution in [-0.4, -0.2) is 14.8 Å². The zero-order valence-corrected chi connectivity index (χ0v) is 11.6. The van der Waals surface area contributed by atoms with Gasteiger partial charge >= 0.3 is 0 Å². The third-order valence-electron chi connectivity index (χ3n) is 4.91. The largest absolute Gasteiger partial charge is 0.324 e. The second-order valence-electron chi connectivity index (χ2n) is 5.99. The lowest BCUT2D eigenvalue weighted by molar-refractivity contribution is 0.480. The molecule has 0 saturated heterocycles. The highest BCUT2D eigenvalue weighted by atomic mass is 15.3. The van der Waals surface area contributed by atoms with Crippen LogP contribution < -0.4 is 5.73 Å². The molecule has 1 heterocycles. The third-order valence-corrected chi connectivity index (χ3v) is 4.91. The fourth-order valence-electron chi connectivity index (χ4n) is 3.91. The summed E-state index contributed by atoms with van der Waals surface area (Å²) >= 11 is 0. The van der Waals surface area contributed by atoms with Crippen LogP contribution in [-0.2, 0) is 6.54 Å². The van der Waals surface area contributed by atoms with Crippen molar-refractivity contribution in [1.29, 1.82) is 0 Å². The van der Waals surface area contributed by atoms with Crippen molar-refractivity contribution in [3.05, 3.63) is 42.0 Å². The highest BCUT2D eigenvalue weighted by molar-refractivity contribution is 5.36. The molecule has 0 spiro atoms. The lowest BCUT2D eigenvalue weighted by atomic mass is 10.0. The topological polar surface area (TPSA) is 56.7 Å². The predicted molar refractivity (Wildman–Crippen MR) is 77.4 cm³/mol. The van der Waals surface area contributed by atoms with Gasteiger partial charge in [0.2, 0.25) is 0 Å². The van der Waals surface area contributed by atoms with Gasteiger partial charge in [0.25, 0.3) is 0 Å². The van der Waals surface area contributed by atoms with Gasteiger partial charge in [0.05, 0.1) is 6.54 Å². The maximum atomic E-state index is 5.85. The maximum Gasteiger partial charge on any atom is 0.151 e. The molecule has 2 N–H and O–H groups in total. The van der Waals surface area contributed by atoms with Gasteiger partial charge in [-0.3, -0.25) is 4.57 Å². The van der Waals surface area contributed by atoms with Crippen molar-refractivity contribution in [2.45, 2.75) is 38.1 Å². The van der Waals surface area contributed by atoms with E-state index in [4.69, 9.17) is 5.73 Å². The summed E-state index contributed by atoms with van der Waals surface area (Å²) in [5, 5.41) is 8.80. The minimum Gasteiger partial charge on any atom is -0.324 e. The van der Waals surface area contributed by atoms with Crippen LogP contribution in [0.2, 0.25) is 0 Å². The Hall–Kier alpha value is -1.68. The SMILES string of the molecule is NCc1nnc(C2C3CCCCC32)n1-c1ccccc1. The zero-order valence-electron chi connectivity index (χ0n) is 11.6. The molecule has 1 aromatic heterocycles. The summed E-state index contributed by atoms with van der Waals surface area (Å²) in [5.74, 6) is 4.27. The van der Waals surface area contributed by atoms with Crippen molar-refractivity contribution in [3.8, 4) is 5.69 Å². The van der Waals surface area contributed by atoms with E-state index < -0.39 is 0 Å². The Labute approximate surface area is 119 Å². The van der Waals surface area contributed by atoms with Crippen LogP contribution in [0.3, 0.4) is 0 Å². The molecule has 0 radical (unpaired) electrons. The number of hydrogen-bond acceptors (Lipinski definition) is 3. The molecule has 2 saturated carbocycles. The van der Waals surface area contributed by atoms with Crippen molar-refractivity contribution in [3.63, 3.8) is 0 Å². The summed E-state index contributed by atoms with van der Waals surface area (Å²) in [6, 6.07) is 10.4. The van der Waals surface area contributed by atoms with E-state index in [9.17, 15) is 0 Å². The second-order valence-corrected chi connectivity index (χ2v) is 5.99. The van der Waals surface area contributed by atoms with E-state index in [1.165, 1.54) is 25.7 Å². The molecule has 1 aromatic carbocycles. The van der Waals surface area contributed by atoms with Gasteiger partial charge in [-0.05, 0) is 36.8 Å². The standard InChI is InChI=1S/C16H20N4/c17-10-14-18-19-16(15-12-8-4-5-9-13(12)15)20(14)11-6-2-1-3-7-11/h1-3,6-7,12-13,15H,4-5,8-10,17H2. The Morgan fingerprint density at radius 3 is 2.40 bits per heavy atom. The predicted octanol–water partition coefficient (Wildman–Crippen LogP) is 2.63. The molecular weight excluding hydrogens is 248 g/mol. The van der Waals surface area contributed by atoms with E-state index >= 15 is 0 Å². The molecule has 0 bridgehead atoms. The number of fused-ring (bicyclic) bond motifs is 1. The Kier molecular flexibility index (Phi) is 2.84. The van der Waals surface area contributed by atoms with E-state index in [0.29, 0.717) is 12.5 Å². The molecule has 20 heavy (non-hydrogen) atoms. The number of nitrogens with two attached hydrogens (primary N) is 1. The summed E-state index contributed by atoms with van der Waals surface area (Å²) in [6.45, 7) is 0.434. The summed E-state index contributed by atoms with van der Waals surface area (Å²) in [5.41, 5.74) is 6.98. The van der Waals surface area contributed by atoms with E-state index in [-0.39, 0.29) is 0 Å². The Bertz CT molecular complexity index is 592. The average Bonchev–Trinajstić information content (AvgIpc) is 3.09. The maximum absolute atomic E-state index is 5.85. The first kappa shape index (κ1) is 12.1. The number of nitrogens with zero attached hydrogens (tertiary/aromatic N) is 3. The van der Waals surface area contributed by atoms with Gasteiger partial charge in [0.15, 0.2) is 5.82 Å². The van der Waals surface area contributed by atoms with Gasteiger partial charge in [-0.25, -0.2) is 0 Å². The first-order valence-corrected chi connectivity index (χ1v) is 7.60. The molecule has 104 valence electrons. The van der Waals surface area contributed by atoms with Gasteiger partial charge in [0, 0.05) is 11.6 Å². The molecule has 4 heteroatoms. The van der Waals surface area contributed by atoms with E-state index in [0.717, 1.165) is 29.2 Å². The van der Waals surface area contributed by atoms with E-state index in [2.05, 4.69) is 39.0 Å². The number of aromatic nitrogens is 3. The third kappa shape index (κ3) is 1.79. The Morgan fingerprint density at radius 2 is 1.75 bits per heavy atom. The molecular formula is C16H20N4. The Morgan fingerprint density at radius 1 is 1.05 bits per heavy atom. The zero-order chi connectivity index (χ0) is 13.5. The first-order valence-electron chi connectivity index (χ1n) is 7.60. The van der Waals surface area contributed by atoms with Crippen molar-refractivity contribution in [1.82, 2.24) is 14.8 Å². The minimum absolute atomic E-state index is 0.434. The fraction of sp³-hybridized carbons (Fsp3) is 0.500. The van der Waals surface area contributed by atoms with Crippen LogP contribution in [0, 0.1) is 11.8 Å². The van der Waals surface area contributed by atoms with Gasteiger partial charge < -0.3 is 5.73 Å². The minimum atomic E-state index is 0.434. The smallest absolute Gasteiger partial charge is 0.151 e. The molecule has 0 aliphatic heterocycles. The summed E-state index contributed by atoms with van der Waals surface area (Å²) in [7, 11) is 0. The van der Waals surface area contributed by atoms with Crippen molar-refractivity contribution < 1.29 is 0 Å². The molecule has 2 aliphatic carbocycles. The van der Waals surface area contributed by atoms with Crippen LogP contribution in [0.25, 0.3) is 5.69 Å². The fourth-order valence-corrected chi connectivity index (χ4v) is 3.91. The average molecular weight is 268 g/mol. The number of benzene rings is 1. The quantitative estimate of drug-likeness (QED) is 0.931. The molecule has 2 atom stereocenters. The molecule has 2 fully saturated rings. The van der Waals surface area contributed by atoms with Gasteiger partial charge in [0.1, 0.15) is 5.82 Å². The molecule has 0 amide bonds. The highest BCUT2D eigenvalue weighted by Gasteiger charge is 2.53. The molecule has 2 aliphatic rings. The molecule has 2 unspecified atom stereocenters. The van der Waals surface area contributed by atoms with Crippen LogP contribution in [0.15, 0.2) is 30.3 Å². The van der Waals surface area contributed by atoms with Crippen LogP contribution in [0.1, 0.15) is 43.3 Å². The highest BCUT2D eigenvalue weighted by Crippen LogP contribution is 2.60. The summed E-state index contributed by atoms with van der Waals surface area (Å²) < 4.78 is 2.18. The lowest BCUT2D eigenvalue weighted by Crippen LogP contribution is -2.09. The molecule has 2 aromatic rings. The van der Waals surface area contributed by atoms with Gasteiger partial charge in [-0.15, -0.1) is 10.2 Å². The molecule has 4 rings (SSSR count). The van der Waals surface area contributed by atoms with Crippen molar-refractivity contribution in [2.24, 2.45) is 17.6 Å². The number of para-hydroxylation sites is 1.